The monoisotopic (exact) mass is 335 g/mol. The first-order chi connectivity index (χ1) is 9.72. The Bertz CT molecular complexity index is 602. The van der Waals surface area contributed by atoms with E-state index < -0.39 is 29.9 Å². The first-order valence-corrected chi connectivity index (χ1v) is 6.77. The third kappa shape index (κ3) is 3.45. The van der Waals surface area contributed by atoms with E-state index in [2.05, 4.69) is 0 Å². The predicted molar refractivity (Wildman–Crippen MR) is 74.3 cm³/mol. The average Bonchev–Trinajstić information content (AvgIpc) is 2.36. The maximum atomic E-state index is 13.4. The molecule has 1 aromatic rings. The number of carbonyl (C=O) groups excluding carboxylic acids is 1. The molecule has 1 saturated heterocycles. The summed E-state index contributed by atoms with van der Waals surface area (Å²) in [6, 6.07) is 2.16. The summed E-state index contributed by atoms with van der Waals surface area (Å²) in [5.41, 5.74) is -0.704. The Hall–Kier alpha value is -1.37. The number of nitrogens with zero attached hydrogens (tertiary/aromatic N) is 1. The molecule has 0 unspecified atom stereocenters. The number of hydrogen-bond acceptors (Lipinski definition) is 3. The molecule has 0 aromatic heterocycles. The van der Waals surface area contributed by atoms with Crippen molar-refractivity contribution in [1.29, 1.82) is 0 Å². The quantitative estimate of drug-likeness (QED) is 0.858. The zero-order valence-corrected chi connectivity index (χ0v) is 12.5. The third-order valence-electron chi connectivity index (χ3n) is 3.12. The number of amides is 1. The van der Waals surface area contributed by atoms with Crippen LogP contribution in [0.25, 0.3) is 0 Å². The minimum Gasteiger partial charge on any atom is -0.480 e. The standard InChI is InChI=1S/C13H12Cl2FNO4/c1-13(21-4-11(18)19)5-17(6-13)12(20)7-2-10(16)9(15)3-8(7)14/h2-3H,4-6H2,1H3,(H,18,19). The van der Waals surface area contributed by atoms with Crippen LogP contribution in [-0.4, -0.2) is 47.2 Å². The lowest BCUT2D eigenvalue weighted by molar-refractivity contribution is -0.159. The highest BCUT2D eigenvalue weighted by Gasteiger charge is 2.43. The summed E-state index contributed by atoms with van der Waals surface area (Å²) in [7, 11) is 0. The van der Waals surface area contributed by atoms with Crippen LogP contribution in [0, 0.1) is 5.82 Å². The molecule has 114 valence electrons. The van der Waals surface area contributed by atoms with Crippen LogP contribution < -0.4 is 0 Å². The lowest BCUT2D eigenvalue weighted by atomic mass is 9.95. The molecule has 1 aliphatic rings. The van der Waals surface area contributed by atoms with E-state index >= 15 is 0 Å². The number of carboxylic acids is 1. The highest BCUT2D eigenvalue weighted by molar-refractivity contribution is 6.36. The summed E-state index contributed by atoms with van der Waals surface area (Å²) >= 11 is 11.5. The SMILES string of the molecule is CC1(OCC(=O)O)CN(C(=O)c2cc(F)c(Cl)cc2Cl)C1. The van der Waals surface area contributed by atoms with Gasteiger partial charge in [0.25, 0.3) is 5.91 Å². The van der Waals surface area contributed by atoms with Gasteiger partial charge in [-0.1, -0.05) is 23.2 Å². The maximum absolute atomic E-state index is 13.4. The molecule has 0 spiro atoms. The van der Waals surface area contributed by atoms with Crippen molar-refractivity contribution in [2.75, 3.05) is 19.7 Å². The highest BCUT2D eigenvalue weighted by atomic mass is 35.5. The van der Waals surface area contributed by atoms with Gasteiger partial charge in [0.1, 0.15) is 18.0 Å². The van der Waals surface area contributed by atoms with Gasteiger partial charge in [0, 0.05) is 0 Å². The van der Waals surface area contributed by atoms with Gasteiger partial charge in [-0.05, 0) is 19.1 Å². The number of carboxylic acid groups (broad SMARTS) is 1. The third-order valence-corrected chi connectivity index (χ3v) is 3.72. The molecule has 21 heavy (non-hydrogen) atoms. The van der Waals surface area contributed by atoms with E-state index in [4.69, 9.17) is 33.0 Å². The van der Waals surface area contributed by atoms with Crippen molar-refractivity contribution in [2.45, 2.75) is 12.5 Å². The van der Waals surface area contributed by atoms with Crippen LogP contribution in [0.3, 0.4) is 0 Å². The van der Waals surface area contributed by atoms with E-state index in [-0.39, 0.29) is 28.7 Å². The number of carbonyl (C=O) groups is 2. The Balaban J connectivity index is 2.04. The predicted octanol–water partition coefficient (Wildman–Crippen LogP) is 2.45. The second-order valence-corrected chi connectivity index (χ2v) is 5.85. The van der Waals surface area contributed by atoms with Crippen LogP contribution in [0.2, 0.25) is 10.0 Å². The highest BCUT2D eigenvalue weighted by Crippen LogP contribution is 2.30. The van der Waals surface area contributed by atoms with Crippen molar-refractivity contribution in [3.63, 3.8) is 0 Å². The topological polar surface area (TPSA) is 66.8 Å². The van der Waals surface area contributed by atoms with Crippen molar-refractivity contribution in [3.05, 3.63) is 33.6 Å². The Kier molecular flexibility index (Phi) is 4.41. The molecule has 2 rings (SSSR count). The summed E-state index contributed by atoms with van der Waals surface area (Å²) in [5, 5.41) is 8.47. The number of rotatable bonds is 4. The molecule has 1 aromatic carbocycles. The number of hydrogen-bond donors (Lipinski definition) is 1. The average molecular weight is 336 g/mol. The molecule has 1 aliphatic heterocycles. The smallest absolute Gasteiger partial charge is 0.329 e. The minimum atomic E-state index is -1.08. The number of likely N-dealkylation sites (tertiary alicyclic amines) is 1. The van der Waals surface area contributed by atoms with Crippen LogP contribution in [0.5, 0.6) is 0 Å². The maximum Gasteiger partial charge on any atom is 0.329 e. The fourth-order valence-corrected chi connectivity index (χ4v) is 2.55. The molecule has 1 N–H and O–H groups in total. The normalized spacial score (nSPS) is 16.5. The zero-order valence-electron chi connectivity index (χ0n) is 11.0. The molecule has 0 aliphatic carbocycles. The summed E-state index contributed by atoms with van der Waals surface area (Å²) in [6.45, 7) is 1.68. The Labute approximate surface area is 130 Å². The van der Waals surface area contributed by atoms with Gasteiger partial charge < -0.3 is 14.7 Å². The first-order valence-electron chi connectivity index (χ1n) is 6.01. The van der Waals surface area contributed by atoms with Gasteiger partial charge in [0.15, 0.2) is 0 Å². The van der Waals surface area contributed by atoms with E-state index in [0.717, 1.165) is 6.07 Å². The van der Waals surface area contributed by atoms with Crippen molar-refractivity contribution < 1.29 is 23.8 Å². The largest absolute Gasteiger partial charge is 0.480 e. The van der Waals surface area contributed by atoms with Crippen LogP contribution in [0.1, 0.15) is 17.3 Å². The molecular formula is C13H12Cl2FNO4. The first kappa shape index (κ1) is 16.0. The molecule has 1 heterocycles. The Morgan fingerprint density at radius 2 is 2.00 bits per heavy atom. The summed E-state index contributed by atoms with van der Waals surface area (Å²) in [6.07, 6.45) is 0. The zero-order chi connectivity index (χ0) is 15.8. The van der Waals surface area contributed by atoms with Crippen molar-refractivity contribution in [2.24, 2.45) is 0 Å². The van der Waals surface area contributed by atoms with E-state index in [1.807, 2.05) is 0 Å². The van der Waals surface area contributed by atoms with E-state index in [9.17, 15) is 14.0 Å². The molecule has 1 fully saturated rings. The van der Waals surface area contributed by atoms with Gasteiger partial charge in [-0.25, -0.2) is 9.18 Å². The Morgan fingerprint density at radius 3 is 2.57 bits per heavy atom. The van der Waals surface area contributed by atoms with Crippen molar-refractivity contribution in [3.8, 4) is 0 Å². The molecular weight excluding hydrogens is 324 g/mol. The van der Waals surface area contributed by atoms with E-state index in [0.29, 0.717) is 0 Å². The van der Waals surface area contributed by atoms with E-state index in [1.165, 1.54) is 11.0 Å². The van der Waals surface area contributed by atoms with Gasteiger partial charge >= 0.3 is 5.97 Å². The molecule has 0 atom stereocenters. The second kappa shape index (κ2) is 5.79. The fraction of sp³-hybridized carbons (Fsp3) is 0.385. The molecule has 0 radical (unpaired) electrons. The minimum absolute atomic E-state index is 0.0128. The fourth-order valence-electron chi connectivity index (χ4n) is 2.09. The van der Waals surface area contributed by atoms with Crippen LogP contribution in [-0.2, 0) is 9.53 Å². The van der Waals surface area contributed by atoms with Gasteiger partial charge in [-0.3, -0.25) is 4.79 Å². The lowest BCUT2D eigenvalue weighted by Gasteiger charge is -2.47. The van der Waals surface area contributed by atoms with Gasteiger partial charge in [0.2, 0.25) is 0 Å². The molecule has 0 saturated carbocycles. The van der Waals surface area contributed by atoms with Gasteiger partial charge in [-0.15, -0.1) is 0 Å². The van der Waals surface area contributed by atoms with Crippen molar-refractivity contribution in [1.82, 2.24) is 4.90 Å². The summed E-state index contributed by atoms with van der Waals surface area (Å²) < 4.78 is 18.6. The van der Waals surface area contributed by atoms with Gasteiger partial charge in [-0.2, -0.15) is 0 Å². The van der Waals surface area contributed by atoms with Crippen LogP contribution >= 0.6 is 23.2 Å². The molecule has 5 nitrogen and oxygen atoms in total. The van der Waals surface area contributed by atoms with Gasteiger partial charge in [0.05, 0.1) is 28.7 Å². The van der Waals surface area contributed by atoms with Crippen LogP contribution in [0.4, 0.5) is 4.39 Å². The lowest BCUT2D eigenvalue weighted by Crippen LogP contribution is -2.63. The number of ether oxygens (including phenoxy) is 1. The van der Waals surface area contributed by atoms with E-state index in [1.54, 1.807) is 6.92 Å². The number of halogens is 3. The summed E-state index contributed by atoms with van der Waals surface area (Å²) in [4.78, 5) is 24.1. The Morgan fingerprint density at radius 1 is 1.38 bits per heavy atom. The summed E-state index contributed by atoms with van der Waals surface area (Å²) in [5.74, 6) is -2.26. The number of benzene rings is 1. The molecule has 8 heteroatoms. The second-order valence-electron chi connectivity index (χ2n) is 5.04. The van der Waals surface area contributed by atoms with Crippen molar-refractivity contribution >= 4 is 35.1 Å². The molecule has 1 amide bonds. The van der Waals surface area contributed by atoms with Crippen LogP contribution in [0.15, 0.2) is 12.1 Å². The number of aliphatic carboxylic acids is 1. The molecule has 0 bridgehead atoms.